The number of benzene rings is 1. The number of aliphatic hydroxyl groups excluding tert-OH is 1. The fraction of sp³-hybridized carbons (Fsp3) is 0.571. The van der Waals surface area contributed by atoms with Crippen molar-refractivity contribution >= 4 is 0 Å². The van der Waals surface area contributed by atoms with Crippen LogP contribution in [0.5, 0.6) is 5.75 Å². The Morgan fingerprint density at radius 2 is 2.00 bits per heavy atom. The lowest BCUT2D eigenvalue weighted by Crippen LogP contribution is -2.38. The molecule has 0 aliphatic carbocycles. The minimum Gasteiger partial charge on any atom is -0.496 e. The van der Waals surface area contributed by atoms with Gasteiger partial charge in [0.15, 0.2) is 0 Å². The number of ether oxygens (including phenoxy) is 2. The van der Waals surface area contributed by atoms with Crippen molar-refractivity contribution in [1.29, 1.82) is 0 Å². The van der Waals surface area contributed by atoms with Gasteiger partial charge in [0.05, 0.1) is 26.4 Å². The summed E-state index contributed by atoms with van der Waals surface area (Å²) in [6.07, 6.45) is 0. The van der Waals surface area contributed by atoms with Crippen molar-refractivity contribution in [1.82, 2.24) is 4.90 Å². The highest BCUT2D eigenvalue weighted by Crippen LogP contribution is 2.28. The quantitative estimate of drug-likeness (QED) is 0.688. The molecule has 0 fully saturated rings. The molecule has 1 rings (SSSR count). The van der Waals surface area contributed by atoms with Gasteiger partial charge in [-0.05, 0) is 6.07 Å². The second-order valence-electron chi connectivity index (χ2n) is 4.25. The Morgan fingerprint density at radius 3 is 2.58 bits per heavy atom. The van der Waals surface area contributed by atoms with Crippen LogP contribution >= 0.6 is 0 Å². The minimum atomic E-state index is 0.0125. The average Bonchev–Trinajstić information content (AvgIpc) is 2.46. The Hall–Kier alpha value is -1.14. The SMILES string of the molecule is COCCN(CCO)C(CN)c1ccccc1OC. The second-order valence-corrected chi connectivity index (χ2v) is 4.25. The molecule has 1 aromatic carbocycles. The number of nitrogens with two attached hydrogens (primary N) is 1. The molecule has 0 heterocycles. The van der Waals surface area contributed by atoms with Gasteiger partial charge < -0.3 is 20.3 Å². The Bertz CT molecular complexity index is 360. The van der Waals surface area contributed by atoms with E-state index in [1.807, 2.05) is 24.3 Å². The number of methoxy groups -OCH3 is 2. The normalized spacial score (nSPS) is 12.7. The average molecular weight is 268 g/mol. The summed E-state index contributed by atoms with van der Waals surface area (Å²) < 4.78 is 10.5. The Morgan fingerprint density at radius 1 is 1.26 bits per heavy atom. The number of nitrogens with zero attached hydrogens (tertiary/aromatic N) is 1. The van der Waals surface area contributed by atoms with Gasteiger partial charge >= 0.3 is 0 Å². The van der Waals surface area contributed by atoms with Crippen LogP contribution in [-0.4, -0.2) is 57.1 Å². The standard InChI is InChI=1S/C14H24N2O3/c1-18-10-8-16(7-9-17)13(11-15)12-5-3-4-6-14(12)19-2/h3-6,13,17H,7-11,15H2,1-2H3. The van der Waals surface area contributed by atoms with Crippen molar-refractivity contribution in [3.63, 3.8) is 0 Å². The van der Waals surface area contributed by atoms with Crippen LogP contribution < -0.4 is 10.5 Å². The van der Waals surface area contributed by atoms with E-state index in [1.54, 1.807) is 14.2 Å². The molecular weight excluding hydrogens is 244 g/mol. The van der Waals surface area contributed by atoms with Gasteiger partial charge in [0, 0.05) is 32.3 Å². The van der Waals surface area contributed by atoms with Crippen LogP contribution in [0, 0.1) is 0 Å². The van der Waals surface area contributed by atoms with Crippen molar-refractivity contribution in [3.8, 4) is 5.75 Å². The summed E-state index contributed by atoms with van der Waals surface area (Å²) in [7, 11) is 3.32. The zero-order valence-electron chi connectivity index (χ0n) is 11.7. The van der Waals surface area contributed by atoms with Gasteiger partial charge in [-0.1, -0.05) is 18.2 Å². The Balaban J connectivity index is 2.94. The van der Waals surface area contributed by atoms with Gasteiger partial charge in [-0.15, -0.1) is 0 Å². The molecule has 108 valence electrons. The van der Waals surface area contributed by atoms with Gasteiger partial charge in [0.1, 0.15) is 5.75 Å². The maximum atomic E-state index is 9.20. The molecule has 0 bridgehead atoms. The molecule has 5 nitrogen and oxygen atoms in total. The highest BCUT2D eigenvalue weighted by Gasteiger charge is 2.21. The summed E-state index contributed by atoms with van der Waals surface area (Å²) in [5.41, 5.74) is 6.95. The van der Waals surface area contributed by atoms with E-state index in [0.717, 1.165) is 17.9 Å². The lowest BCUT2D eigenvalue weighted by Gasteiger charge is -2.31. The zero-order valence-corrected chi connectivity index (χ0v) is 11.7. The maximum Gasteiger partial charge on any atom is 0.123 e. The lowest BCUT2D eigenvalue weighted by molar-refractivity contribution is 0.102. The largest absolute Gasteiger partial charge is 0.496 e. The van der Waals surface area contributed by atoms with Crippen LogP contribution in [0.4, 0.5) is 0 Å². The molecule has 0 saturated carbocycles. The van der Waals surface area contributed by atoms with Crippen LogP contribution in [0.25, 0.3) is 0 Å². The first-order valence-corrected chi connectivity index (χ1v) is 6.45. The van der Waals surface area contributed by atoms with Gasteiger partial charge in [0.2, 0.25) is 0 Å². The topological polar surface area (TPSA) is 68.0 Å². The van der Waals surface area contributed by atoms with E-state index in [2.05, 4.69) is 4.90 Å². The first-order valence-electron chi connectivity index (χ1n) is 6.45. The summed E-state index contributed by atoms with van der Waals surface area (Å²) in [6, 6.07) is 7.84. The number of hydrogen-bond donors (Lipinski definition) is 2. The summed E-state index contributed by atoms with van der Waals surface area (Å²) in [6.45, 7) is 2.44. The highest BCUT2D eigenvalue weighted by molar-refractivity contribution is 5.36. The number of hydrogen-bond acceptors (Lipinski definition) is 5. The third-order valence-corrected chi connectivity index (χ3v) is 3.13. The smallest absolute Gasteiger partial charge is 0.123 e. The fourth-order valence-corrected chi connectivity index (χ4v) is 2.17. The van der Waals surface area contributed by atoms with Gasteiger partial charge in [-0.25, -0.2) is 0 Å². The van der Waals surface area contributed by atoms with Crippen LogP contribution in [0.3, 0.4) is 0 Å². The third-order valence-electron chi connectivity index (χ3n) is 3.13. The predicted octanol–water partition coefficient (Wildman–Crippen LogP) is 0.636. The zero-order chi connectivity index (χ0) is 14.1. The Labute approximate surface area is 114 Å². The number of rotatable bonds is 9. The van der Waals surface area contributed by atoms with Crippen LogP contribution in [0.15, 0.2) is 24.3 Å². The molecule has 19 heavy (non-hydrogen) atoms. The number of para-hydroxylation sites is 1. The van der Waals surface area contributed by atoms with Crippen molar-refractivity contribution in [2.24, 2.45) is 5.73 Å². The van der Waals surface area contributed by atoms with Gasteiger partial charge in [0.25, 0.3) is 0 Å². The van der Waals surface area contributed by atoms with Crippen LogP contribution in [0.2, 0.25) is 0 Å². The molecule has 3 N–H and O–H groups in total. The van der Waals surface area contributed by atoms with E-state index in [9.17, 15) is 5.11 Å². The molecule has 0 aromatic heterocycles. The van der Waals surface area contributed by atoms with E-state index in [0.29, 0.717) is 19.7 Å². The van der Waals surface area contributed by atoms with E-state index < -0.39 is 0 Å². The van der Waals surface area contributed by atoms with E-state index >= 15 is 0 Å². The van der Waals surface area contributed by atoms with Crippen LogP contribution in [-0.2, 0) is 4.74 Å². The summed E-state index contributed by atoms with van der Waals surface area (Å²) in [5, 5.41) is 9.20. The molecule has 0 aliphatic heterocycles. The molecule has 0 amide bonds. The Kier molecular flexibility index (Phi) is 7.43. The molecule has 1 atom stereocenters. The summed E-state index contributed by atoms with van der Waals surface area (Å²) in [4.78, 5) is 2.11. The van der Waals surface area contributed by atoms with Crippen LogP contribution in [0.1, 0.15) is 11.6 Å². The molecule has 5 heteroatoms. The molecular formula is C14H24N2O3. The molecule has 0 spiro atoms. The molecule has 1 aromatic rings. The van der Waals surface area contributed by atoms with Crippen molar-refractivity contribution in [3.05, 3.63) is 29.8 Å². The highest BCUT2D eigenvalue weighted by atomic mass is 16.5. The lowest BCUT2D eigenvalue weighted by atomic mass is 10.0. The van der Waals surface area contributed by atoms with E-state index in [-0.39, 0.29) is 12.6 Å². The first-order chi connectivity index (χ1) is 9.28. The van der Waals surface area contributed by atoms with Gasteiger partial charge in [-0.2, -0.15) is 0 Å². The van der Waals surface area contributed by atoms with Crippen molar-refractivity contribution in [2.45, 2.75) is 6.04 Å². The minimum absolute atomic E-state index is 0.0125. The van der Waals surface area contributed by atoms with Crippen molar-refractivity contribution in [2.75, 3.05) is 47.1 Å². The van der Waals surface area contributed by atoms with E-state index in [4.69, 9.17) is 15.2 Å². The summed E-state index contributed by atoms with van der Waals surface area (Å²) in [5.74, 6) is 0.818. The second kappa shape index (κ2) is 8.87. The van der Waals surface area contributed by atoms with Crippen molar-refractivity contribution < 1.29 is 14.6 Å². The fourth-order valence-electron chi connectivity index (χ4n) is 2.17. The monoisotopic (exact) mass is 268 g/mol. The maximum absolute atomic E-state index is 9.20. The van der Waals surface area contributed by atoms with E-state index in [1.165, 1.54) is 0 Å². The summed E-state index contributed by atoms with van der Waals surface area (Å²) >= 11 is 0. The van der Waals surface area contributed by atoms with Gasteiger partial charge in [-0.3, -0.25) is 4.90 Å². The molecule has 0 aliphatic rings. The first kappa shape index (κ1) is 15.9. The number of aliphatic hydroxyl groups is 1. The molecule has 1 unspecified atom stereocenters. The molecule has 0 radical (unpaired) electrons. The molecule has 0 saturated heterocycles. The predicted molar refractivity (Wildman–Crippen MR) is 75.3 cm³/mol. The third kappa shape index (κ3) is 4.47.